The summed E-state index contributed by atoms with van der Waals surface area (Å²) in [7, 11) is 0. The molecular weight excluding hydrogens is 634 g/mol. The monoisotopic (exact) mass is 724 g/mol. The van der Waals surface area contributed by atoms with E-state index in [9.17, 15) is 14.7 Å². The molecule has 0 aliphatic rings. The minimum Gasteiger partial charge on any atom is -0.466 e. The molecule has 1 N–H and O–H groups in total. The van der Waals surface area contributed by atoms with Crippen LogP contribution in [0.5, 0.6) is 0 Å². The zero-order chi connectivity index (χ0) is 37.3. The Balaban J connectivity index is 4.04. The van der Waals surface area contributed by atoms with Crippen LogP contribution in [0, 0.1) is 0 Å². The normalized spacial score (nSPS) is 11.6. The summed E-state index contributed by atoms with van der Waals surface area (Å²) in [5.74, 6) is -0.0275. The van der Waals surface area contributed by atoms with Crippen LogP contribution in [-0.2, 0) is 19.1 Å². The van der Waals surface area contributed by atoms with E-state index in [1.165, 1.54) is 135 Å². The van der Waals surface area contributed by atoms with Gasteiger partial charge in [0, 0.05) is 26.0 Å². The predicted molar refractivity (Wildman–Crippen MR) is 218 cm³/mol. The van der Waals surface area contributed by atoms with Crippen molar-refractivity contribution in [2.75, 3.05) is 32.8 Å². The maximum atomic E-state index is 12.7. The number of esters is 2. The lowest BCUT2D eigenvalue weighted by molar-refractivity contribution is -0.150. The molecule has 6 nitrogen and oxygen atoms in total. The lowest BCUT2D eigenvalue weighted by atomic mass is 10.0. The van der Waals surface area contributed by atoms with Gasteiger partial charge in [0.2, 0.25) is 0 Å². The average molecular weight is 724 g/mol. The van der Waals surface area contributed by atoms with Crippen molar-refractivity contribution in [2.24, 2.45) is 0 Å². The topological polar surface area (TPSA) is 76.1 Å². The third kappa shape index (κ3) is 38.4. The van der Waals surface area contributed by atoms with Gasteiger partial charge in [-0.05, 0) is 77.3 Å². The molecule has 0 unspecified atom stereocenters. The van der Waals surface area contributed by atoms with Crippen molar-refractivity contribution in [1.82, 2.24) is 4.90 Å². The van der Waals surface area contributed by atoms with Crippen molar-refractivity contribution < 1.29 is 24.2 Å². The smallest absolute Gasteiger partial charge is 0.306 e. The molecule has 0 aliphatic carbocycles. The first-order chi connectivity index (χ1) is 25.1. The van der Waals surface area contributed by atoms with Crippen molar-refractivity contribution in [2.45, 2.75) is 245 Å². The SMILES string of the molecule is CCCCCCCCCCCOC(=O)CCCCCN(CCCO)CCCCCCCC(=O)OC(CCCCCCCC)CCCCCCCC. The van der Waals surface area contributed by atoms with E-state index in [1.54, 1.807) is 0 Å². The van der Waals surface area contributed by atoms with Crippen LogP contribution in [0.25, 0.3) is 0 Å². The minimum absolute atomic E-state index is 0.0132. The standard InChI is InChI=1S/C45H89NO5/c1-4-7-10-13-16-17-18-24-32-42-50-44(48)36-29-25-31-39-46(40-33-41-47)38-30-23-19-22-28-37-45(49)51-43(34-26-20-14-11-8-5-2)35-27-21-15-12-9-6-3/h43,47H,4-42H2,1-3H3. The number of aliphatic hydroxyl groups excluding tert-OH is 1. The molecule has 0 aliphatic heterocycles. The van der Waals surface area contributed by atoms with E-state index >= 15 is 0 Å². The molecule has 0 saturated heterocycles. The van der Waals surface area contributed by atoms with Gasteiger partial charge >= 0.3 is 11.9 Å². The number of unbranched alkanes of at least 4 members (excludes halogenated alkanes) is 24. The summed E-state index contributed by atoms with van der Waals surface area (Å²) in [5.41, 5.74) is 0. The van der Waals surface area contributed by atoms with Crippen LogP contribution in [0.3, 0.4) is 0 Å². The van der Waals surface area contributed by atoms with Crippen molar-refractivity contribution in [3.05, 3.63) is 0 Å². The fourth-order valence-electron chi connectivity index (χ4n) is 7.03. The fraction of sp³-hybridized carbons (Fsp3) is 0.956. The molecule has 0 aromatic rings. The Bertz CT molecular complexity index is 701. The highest BCUT2D eigenvalue weighted by Gasteiger charge is 2.14. The highest BCUT2D eigenvalue weighted by Crippen LogP contribution is 2.18. The van der Waals surface area contributed by atoms with Crippen molar-refractivity contribution >= 4 is 11.9 Å². The van der Waals surface area contributed by atoms with Gasteiger partial charge in [-0.2, -0.15) is 0 Å². The second-order valence-corrected chi connectivity index (χ2v) is 15.5. The molecule has 0 aromatic carbocycles. The zero-order valence-electron chi connectivity index (χ0n) is 34.7. The number of rotatable bonds is 42. The Kier molecular flexibility index (Phi) is 40.7. The van der Waals surface area contributed by atoms with Gasteiger partial charge in [-0.25, -0.2) is 0 Å². The van der Waals surface area contributed by atoms with Gasteiger partial charge < -0.3 is 19.5 Å². The van der Waals surface area contributed by atoms with E-state index in [1.807, 2.05) is 0 Å². The molecule has 0 rings (SSSR count). The van der Waals surface area contributed by atoms with Crippen LogP contribution in [0.4, 0.5) is 0 Å². The third-order valence-electron chi connectivity index (χ3n) is 10.4. The third-order valence-corrected chi connectivity index (χ3v) is 10.4. The Labute approximate surface area is 318 Å². The maximum absolute atomic E-state index is 12.7. The van der Waals surface area contributed by atoms with Crippen LogP contribution < -0.4 is 0 Å². The van der Waals surface area contributed by atoms with E-state index < -0.39 is 0 Å². The molecule has 0 aromatic heterocycles. The predicted octanol–water partition coefficient (Wildman–Crippen LogP) is 13.1. The second-order valence-electron chi connectivity index (χ2n) is 15.5. The van der Waals surface area contributed by atoms with E-state index in [2.05, 4.69) is 25.7 Å². The Hall–Kier alpha value is -1.14. The van der Waals surface area contributed by atoms with Gasteiger partial charge in [-0.1, -0.05) is 162 Å². The lowest BCUT2D eigenvalue weighted by Gasteiger charge is -2.22. The van der Waals surface area contributed by atoms with E-state index in [4.69, 9.17) is 9.47 Å². The first-order valence-electron chi connectivity index (χ1n) is 22.8. The van der Waals surface area contributed by atoms with Gasteiger partial charge in [0.25, 0.3) is 0 Å². The molecular formula is C45H89NO5. The van der Waals surface area contributed by atoms with Crippen LogP contribution in [-0.4, -0.2) is 60.9 Å². The summed E-state index contributed by atoms with van der Waals surface area (Å²) >= 11 is 0. The van der Waals surface area contributed by atoms with Gasteiger partial charge in [0.1, 0.15) is 6.10 Å². The molecule has 0 amide bonds. The molecule has 6 heteroatoms. The van der Waals surface area contributed by atoms with Crippen molar-refractivity contribution in [1.29, 1.82) is 0 Å². The molecule has 0 fully saturated rings. The highest BCUT2D eigenvalue weighted by molar-refractivity contribution is 5.69. The molecule has 51 heavy (non-hydrogen) atoms. The Morgan fingerprint density at radius 1 is 0.451 bits per heavy atom. The van der Waals surface area contributed by atoms with Crippen LogP contribution in [0.2, 0.25) is 0 Å². The number of hydrogen-bond donors (Lipinski definition) is 1. The van der Waals surface area contributed by atoms with Crippen molar-refractivity contribution in [3.63, 3.8) is 0 Å². The summed E-state index contributed by atoms with van der Waals surface area (Å²) < 4.78 is 11.5. The van der Waals surface area contributed by atoms with Gasteiger partial charge in [-0.15, -0.1) is 0 Å². The number of ether oxygens (including phenoxy) is 2. The maximum Gasteiger partial charge on any atom is 0.306 e. The highest BCUT2D eigenvalue weighted by atomic mass is 16.5. The summed E-state index contributed by atoms with van der Waals surface area (Å²) in [4.78, 5) is 27.3. The molecule has 0 spiro atoms. The second kappa shape index (κ2) is 41.6. The minimum atomic E-state index is -0.0406. The van der Waals surface area contributed by atoms with E-state index in [0.29, 0.717) is 19.4 Å². The Morgan fingerprint density at radius 3 is 1.31 bits per heavy atom. The van der Waals surface area contributed by atoms with Crippen LogP contribution >= 0.6 is 0 Å². The van der Waals surface area contributed by atoms with E-state index in [0.717, 1.165) is 90.3 Å². The number of hydrogen-bond acceptors (Lipinski definition) is 6. The number of carbonyl (C=O) groups excluding carboxylic acids is 2. The zero-order valence-corrected chi connectivity index (χ0v) is 34.7. The number of aliphatic hydroxyl groups is 1. The van der Waals surface area contributed by atoms with Crippen molar-refractivity contribution in [3.8, 4) is 0 Å². The first kappa shape index (κ1) is 49.9. The fourth-order valence-corrected chi connectivity index (χ4v) is 7.03. The quantitative estimate of drug-likeness (QED) is 0.0499. The van der Waals surface area contributed by atoms with E-state index in [-0.39, 0.29) is 24.6 Å². The van der Waals surface area contributed by atoms with Gasteiger partial charge in [0.15, 0.2) is 0 Å². The molecule has 0 saturated carbocycles. The van der Waals surface area contributed by atoms with Gasteiger partial charge in [-0.3, -0.25) is 9.59 Å². The summed E-state index contributed by atoms with van der Waals surface area (Å²) in [6.07, 6.45) is 39.4. The number of carbonyl (C=O) groups is 2. The van der Waals surface area contributed by atoms with Crippen LogP contribution in [0.1, 0.15) is 239 Å². The summed E-state index contributed by atoms with van der Waals surface area (Å²) in [5, 5.41) is 9.37. The van der Waals surface area contributed by atoms with Gasteiger partial charge in [0.05, 0.1) is 6.61 Å². The molecule has 0 radical (unpaired) electrons. The average Bonchev–Trinajstić information content (AvgIpc) is 3.13. The summed E-state index contributed by atoms with van der Waals surface area (Å²) in [6.45, 7) is 10.6. The molecule has 304 valence electrons. The Morgan fingerprint density at radius 2 is 0.824 bits per heavy atom. The molecule has 0 atom stereocenters. The van der Waals surface area contributed by atoms with Crippen LogP contribution in [0.15, 0.2) is 0 Å². The largest absolute Gasteiger partial charge is 0.466 e. The molecule has 0 heterocycles. The lowest BCUT2D eigenvalue weighted by Crippen LogP contribution is -2.28. The first-order valence-corrected chi connectivity index (χ1v) is 22.8. The number of nitrogens with zero attached hydrogens (tertiary/aromatic N) is 1. The molecule has 0 bridgehead atoms. The summed E-state index contributed by atoms with van der Waals surface area (Å²) in [6, 6.07) is 0.